The molecule has 2 heterocycles. The molecule has 0 aliphatic rings. The standard InChI is InChI=1S/C23H24N6/c1-3-7-19-21-22(29(2)28-19)23(25-18-13-11-17(24)12-14-18)27-20(26-21)15-10-16-8-5-4-6-9-16/h4-6,8-15H,3,7,24H2,1-2H3,(H,25,26,27). The summed E-state index contributed by atoms with van der Waals surface area (Å²) in [6.07, 6.45) is 5.83. The molecule has 4 aromatic rings. The first-order chi connectivity index (χ1) is 14.1. The normalized spacial score (nSPS) is 11.4. The van der Waals surface area contributed by atoms with Crippen molar-refractivity contribution in [1.82, 2.24) is 19.7 Å². The van der Waals surface area contributed by atoms with E-state index >= 15 is 0 Å². The van der Waals surface area contributed by atoms with Gasteiger partial charge in [0.1, 0.15) is 11.0 Å². The Balaban J connectivity index is 1.80. The zero-order valence-electron chi connectivity index (χ0n) is 16.6. The van der Waals surface area contributed by atoms with Crippen LogP contribution in [0.3, 0.4) is 0 Å². The molecule has 0 radical (unpaired) electrons. The maximum Gasteiger partial charge on any atom is 0.160 e. The van der Waals surface area contributed by atoms with Gasteiger partial charge in [-0.15, -0.1) is 0 Å². The molecule has 2 aromatic heterocycles. The lowest BCUT2D eigenvalue weighted by atomic mass is 10.2. The fraction of sp³-hybridized carbons (Fsp3) is 0.174. The van der Waals surface area contributed by atoms with Gasteiger partial charge in [-0.05, 0) is 42.3 Å². The highest BCUT2D eigenvalue weighted by atomic mass is 15.3. The molecule has 0 spiro atoms. The van der Waals surface area contributed by atoms with Gasteiger partial charge in [0, 0.05) is 18.4 Å². The van der Waals surface area contributed by atoms with Crippen LogP contribution < -0.4 is 11.1 Å². The molecule has 3 N–H and O–H groups in total. The molecule has 0 aliphatic heterocycles. The highest BCUT2D eigenvalue weighted by molar-refractivity contribution is 5.90. The highest BCUT2D eigenvalue weighted by Crippen LogP contribution is 2.27. The number of hydrogen-bond donors (Lipinski definition) is 2. The second-order valence-electron chi connectivity index (χ2n) is 6.94. The predicted octanol–water partition coefficient (Wildman–Crippen LogP) is 4.81. The van der Waals surface area contributed by atoms with Gasteiger partial charge in [0.05, 0.1) is 5.69 Å². The number of anilines is 3. The largest absolute Gasteiger partial charge is 0.399 e. The Bertz CT molecular complexity index is 1140. The van der Waals surface area contributed by atoms with Crippen molar-refractivity contribution in [2.24, 2.45) is 7.05 Å². The van der Waals surface area contributed by atoms with E-state index in [1.165, 1.54) is 0 Å². The molecule has 2 aromatic carbocycles. The van der Waals surface area contributed by atoms with E-state index in [2.05, 4.69) is 29.5 Å². The van der Waals surface area contributed by atoms with Crippen LogP contribution in [0.2, 0.25) is 0 Å². The number of nitrogens with zero attached hydrogens (tertiary/aromatic N) is 4. The van der Waals surface area contributed by atoms with Crippen molar-refractivity contribution in [3.8, 4) is 0 Å². The molecule has 0 amide bonds. The zero-order valence-corrected chi connectivity index (χ0v) is 16.6. The minimum Gasteiger partial charge on any atom is -0.399 e. The highest BCUT2D eigenvalue weighted by Gasteiger charge is 2.16. The molecule has 0 saturated carbocycles. The summed E-state index contributed by atoms with van der Waals surface area (Å²) >= 11 is 0. The lowest BCUT2D eigenvalue weighted by Gasteiger charge is -2.09. The number of hydrogen-bond acceptors (Lipinski definition) is 5. The molecule has 0 fully saturated rings. The van der Waals surface area contributed by atoms with Gasteiger partial charge in [0.25, 0.3) is 0 Å². The van der Waals surface area contributed by atoms with Crippen LogP contribution in [0.15, 0.2) is 54.6 Å². The molecule has 6 nitrogen and oxygen atoms in total. The summed E-state index contributed by atoms with van der Waals surface area (Å²) in [5.41, 5.74) is 11.3. The van der Waals surface area contributed by atoms with Crippen molar-refractivity contribution in [3.63, 3.8) is 0 Å². The summed E-state index contributed by atoms with van der Waals surface area (Å²) in [6, 6.07) is 17.7. The number of nitrogen functional groups attached to an aromatic ring is 1. The summed E-state index contributed by atoms with van der Waals surface area (Å²) in [4.78, 5) is 9.57. The number of nitrogens with one attached hydrogen (secondary N) is 1. The third-order valence-electron chi connectivity index (χ3n) is 4.65. The van der Waals surface area contributed by atoms with Crippen molar-refractivity contribution in [1.29, 1.82) is 0 Å². The van der Waals surface area contributed by atoms with E-state index in [9.17, 15) is 0 Å². The van der Waals surface area contributed by atoms with Crippen LogP contribution >= 0.6 is 0 Å². The third kappa shape index (κ3) is 4.11. The molecule has 6 heteroatoms. The molecule has 0 bridgehead atoms. The van der Waals surface area contributed by atoms with Gasteiger partial charge >= 0.3 is 0 Å². The Hall–Kier alpha value is -3.67. The molecular weight excluding hydrogens is 360 g/mol. The fourth-order valence-electron chi connectivity index (χ4n) is 3.26. The summed E-state index contributed by atoms with van der Waals surface area (Å²) in [6.45, 7) is 2.14. The van der Waals surface area contributed by atoms with Crippen LogP contribution in [0.25, 0.3) is 23.2 Å². The fourth-order valence-corrected chi connectivity index (χ4v) is 3.26. The topological polar surface area (TPSA) is 81.7 Å². The Labute approximate surface area is 170 Å². The Morgan fingerprint density at radius 3 is 2.48 bits per heavy atom. The molecule has 4 rings (SSSR count). The minimum atomic E-state index is 0.643. The first kappa shape index (κ1) is 18.7. The second kappa shape index (κ2) is 8.14. The van der Waals surface area contributed by atoms with Gasteiger partial charge in [0.2, 0.25) is 0 Å². The number of nitrogens with two attached hydrogens (primary N) is 1. The van der Waals surface area contributed by atoms with E-state index in [4.69, 9.17) is 15.7 Å². The van der Waals surface area contributed by atoms with Crippen LogP contribution in [0.5, 0.6) is 0 Å². The number of rotatable bonds is 6. The molecule has 146 valence electrons. The van der Waals surface area contributed by atoms with Crippen LogP contribution in [-0.2, 0) is 13.5 Å². The van der Waals surface area contributed by atoms with E-state index in [-0.39, 0.29) is 0 Å². The van der Waals surface area contributed by atoms with E-state index in [1.807, 2.05) is 66.3 Å². The van der Waals surface area contributed by atoms with Gasteiger partial charge in [-0.3, -0.25) is 4.68 Å². The van der Waals surface area contributed by atoms with Crippen molar-refractivity contribution in [3.05, 3.63) is 71.7 Å². The van der Waals surface area contributed by atoms with Crippen molar-refractivity contribution >= 4 is 40.4 Å². The molecule has 0 aliphatic carbocycles. The Morgan fingerprint density at radius 1 is 1.00 bits per heavy atom. The smallest absolute Gasteiger partial charge is 0.160 e. The number of benzene rings is 2. The van der Waals surface area contributed by atoms with Gasteiger partial charge in [0.15, 0.2) is 11.6 Å². The number of aromatic nitrogens is 4. The van der Waals surface area contributed by atoms with Crippen molar-refractivity contribution in [2.75, 3.05) is 11.1 Å². The van der Waals surface area contributed by atoms with Crippen molar-refractivity contribution in [2.45, 2.75) is 19.8 Å². The first-order valence-electron chi connectivity index (χ1n) is 9.73. The molecular formula is C23H24N6. The summed E-state index contributed by atoms with van der Waals surface area (Å²) in [5.74, 6) is 1.37. The van der Waals surface area contributed by atoms with Gasteiger partial charge in [-0.25, -0.2) is 9.97 Å². The summed E-state index contributed by atoms with van der Waals surface area (Å²) < 4.78 is 1.85. The summed E-state index contributed by atoms with van der Waals surface area (Å²) in [5, 5.41) is 8.09. The van der Waals surface area contributed by atoms with E-state index in [1.54, 1.807) is 0 Å². The number of fused-ring (bicyclic) bond motifs is 1. The summed E-state index contributed by atoms with van der Waals surface area (Å²) in [7, 11) is 1.93. The van der Waals surface area contributed by atoms with Crippen LogP contribution in [0.4, 0.5) is 17.2 Å². The molecule has 0 atom stereocenters. The molecule has 0 saturated heterocycles. The maximum absolute atomic E-state index is 5.81. The van der Waals surface area contributed by atoms with E-state index in [0.717, 1.165) is 52.3 Å². The second-order valence-corrected chi connectivity index (χ2v) is 6.94. The van der Waals surface area contributed by atoms with Crippen molar-refractivity contribution < 1.29 is 0 Å². The minimum absolute atomic E-state index is 0.643. The van der Waals surface area contributed by atoms with Crippen LogP contribution in [0.1, 0.15) is 30.4 Å². The first-order valence-corrected chi connectivity index (χ1v) is 9.73. The van der Waals surface area contributed by atoms with E-state index in [0.29, 0.717) is 5.82 Å². The van der Waals surface area contributed by atoms with E-state index < -0.39 is 0 Å². The monoisotopic (exact) mass is 384 g/mol. The SMILES string of the molecule is CCCc1nn(C)c2c(Nc3ccc(N)cc3)nc(C=Cc3ccccc3)nc12. The van der Waals surface area contributed by atoms with Gasteiger partial charge < -0.3 is 11.1 Å². The van der Waals surface area contributed by atoms with Gasteiger partial charge in [-0.2, -0.15) is 5.10 Å². The average molecular weight is 384 g/mol. The van der Waals surface area contributed by atoms with Gasteiger partial charge in [-0.1, -0.05) is 49.8 Å². The van der Waals surface area contributed by atoms with Crippen LogP contribution in [0, 0.1) is 0 Å². The zero-order chi connectivity index (χ0) is 20.2. The molecule has 0 unspecified atom stereocenters. The lowest BCUT2D eigenvalue weighted by molar-refractivity contribution is 0.753. The predicted molar refractivity (Wildman–Crippen MR) is 120 cm³/mol. The Morgan fingerprint density at radius 2 is 1.76 bits per heavy atom. The Kier molecular flexibility index (Phi) is 5.24. The number of aryl methyl sites for hydroxylation is 2. The maximum atomic E-state index is 5.81. The molecule has 29 heavy (non-hydrogen) atoms. The third-order valence-corrected chi connectivity index (χ3v) is 4.65. The average Bonchev–Trinajstić information content (AvgIpc) is 3.05. The van der Waals surface area contributed by atoms with Crippen LogP contribution in [-0.4, -0.2) is 19.7 Å². The quantitative estimate of drug-likeness (QED) is 0.466. The lowest BCUT2D eigenvalue weighted by Crippen LogP contribution is -2.02.